The van der Waals surface area contributed by atoms with Gasteiger partial charge in [-0.25, -0.2) is 0 Å². The minimum Gasteiger partial charge on any atom is -0.487 e. The summed E-state index contributed by atoms with van der Waals surface area (Å²) in [5, 5.41) is 4.53. The van der Waals surface area contributed by atoms with Crippen molar-refractivity contribution in [3.8, 4) is 0 Å². The van der Waals surface area contributed by atoms with Gasteiger partial charge in [0.15, 0.2) is 5.76 Å². The Hall–Kier alpha value is -1.95. The number of nitrogens with zero attached hydrogens (tertiary/aromatic N) is 1. The van der Waals surface area contributed by atoms with Crippen molar-refractivity contribution in [2.75, 3.05) is 30.8 Å². The summed E-state index contributed by atoms with van der Waals surface area (Å²) in [5.41, 5.74) is 1.23. The summed E-state index contributed by atoms with van der Waals surface area (Å²) in [6.07, 6.45) is 4.50. The number of carbonyl (C=O) groups is 2. The molecule has 2 aliphatic rings. The maximum Gasteiger partial charge on any atom is 0.291 e. The standard InChI is InChI=1S/C18H22N2O3S/c21-17(16-13-24-11-10-23-16)19-15-7-5-6-14(12-15)18(22)20-8-3-1-2-4-9-20/h5-7,12-13H,1-4,8-11H2,(H,19,21). The average molecular weight is 346 g/mol. The van der Waals surface area contributed by atoms with Gasteiger partial charge in [-0.3, -0.25) is 9.59 Å². The number of thioether (sulfide) groups is 1. The lowest BCUT2D eigenvalue weighted by Gasteiger charge is -2.20. The average Bonchev–Trinajstić information content (AvgIpc) is 2.91. The highest BCUT2D eigenvalue weighted by Gasteiger charge is 2.19. The van der Waals surface area contributed by atoms with Crippen molar-refractivity contribution >= 4 is 29.3 Å². The van der Waals surface area contributed by atoms with E-state index in [-0.39, 0.29) is 11.8 Å². The quantitative estimate of drug-likeness (QED) is 0.913. The molecule has 0 spiro atoms. The molecule has 1 saturated heterocycles. The largest absolute Gasteiger partial charge is 0.487 e. The molecule has 2 heterocycles. The molecule has 2 amide bonds. The van der Waals surface area contributed by atoms with Crippen LogP contribution >= 0.6 is 11.8 Å². The first-order valence-corrected chi connectivity index (χ1v) is 9.44. The van der Waals surface area contributed by atoms with Gasteiger partial charge in [-0.15, -0.1) is 11.8 Å². The SMILES string of the molecule is O=C(Nc1cccc(C(=O)N2CCCCCC2)c1)C1=CSCCO1. The number of hydrogen-bond acceptors (Lipinski definition) is 4. The predicted octanol–water partition coefficient (Wildman–Crippen LogP) is 3.25. The second-order valence-electron chi connectivity index (χ2n) is 5.94. The van der Waals surface area contributed by atoms with Crippen LogP contribution in [0, 0.1) is 0 Å². The minimum atomic E-state index is -0.276. The molecule has 128 valence electrons. The minimum absolute atomic E-state index is 0.0386. The van der Waals surface area contributed by atoms with Crippen molar-refractivity contribution in [2.24, 2.45) is 0 Å². The van der Waals surface area contributed by atoms with Crippen LogP contribution in [0.2, 0.25) is 0 Å². The van der Waals surface area contributed by atoms with E-state index < -0.39 is 0 Å². The number of rotatable bonds is 3. The van der Waals surface area contributed by atoms with E-state index >= 15 is 0 Å². The Morgan fingerprint density at radius 3 is 2.62 bits per heavy atom. The van der Waals surface area contributed by atoms with Gasteiger partial charge in [-0.05, 0) is 31.0 Å². The van der Waals surface area contributed by atoms with E-state index in [1.807, 2.05) is 4.90 Å². The third-order valence-corrected chi connectivity index (χ3v) is 4.92. The fraction of sp³-hybridized carbons (Fsp3) is 0.444. The molecule has 5 nitrogen and oxygen atoms in total. The third-order valence-electron chi connectivity index (χ3n) is 4.13. The first-order valence-electron chi connectivity index (χ1n) is 8.39. The van der Waals surface area contributed by atoms with Crippen LogP contribution in [0.1, 0.15) is 36.0 Å². The van der Waals surface area contributed by atoms with Gasteiger partial charge in [-0.1, -0.05) is 18.9 Å². The summed E-state index contributed by atoms with van der Waals surface area (Å²) in [6.45, 7) is 2.16. The van der Waals surface area contributed by atoms with Gasteiger partial charge in [0.05, 0.1) is 6.61 Å². The van der Waals surface area contributed by atoms with Crippen LogP contribution in [0.15, 0.2) is 35.4 Å². The van der Waals surface area contributed by atoms with Crippen LogP contribution in [-0.2, 0) is 9.53 Å². The maximum absolute atomic E-state index is 12.7. The van der Waals surface area contributed by atoms with E-state index in [4.69, 9.17) is 4.74 Å². The number of nitrogens with one attached hydrogen (secondary N) is 1. The van der Waals surface area contributed by atoms with Crippen molar-refractivity contribution in [1.82, 2.24) is 4.90 Å². The van der Waals surface area contributed by atoms with E-state index in [1.165, 1.54) is 12.8 Å². The molecule has 1 aromatic rings. The Bertz CT molecular complexity index is 637. The second-order valence-corrected chi connectivity index (χ2v) is 6.92. The lowest BCUT2D eigenvalue weighted by atomic mass is 10.1. The predicted molar refractivity (Wildman–Crippen MR) is 95.9 cm³/mol. The lowest BCUT2D eigenvalue weighted by Crippen LogP contribution is -2.31. The van der Waals surface area contributed by atoms with Gasteiger partial charge >= 0.3 is 0 Å². The van der Waals surface area contributed by atoms with Gasteiger partial charge in [0, 0.05) is 35.5 Å². The van der Waals surface area contributed by atoms with E-state index in [9.17, 15) is 9.59 Å². The van der Waals surface area contributed by atoms with Crippen molar-refractivity contribution in [1.29, 1.82) is 0 Å². The zero-order valence-corrected chi connectivity index (χ0v) is 14.4. The number of benzene rings is 1. The molecule has 24 heavy (non-hydrogen) atoms. The molecule has 6 heteroatoms. The number of amides is 2. The van der Waals surface area contributed by atoms with Crippen LogP contribution in [0.4, 0.5) is 5.69 Å². The number of hydrogen-bond donors (Lipinski definition) is 1. The Morgan fingerprint density at radius 1 is 1.12 bits per heavy atom. The maximum atomic E-state index is 12.7. The normalized spacial score (nSPS) is 18.2. The van der Waals surface area contributed by atoms with Gasteiger partial charge in [0.1, 0.15) is 0 Å². The molecule has 0 saturated carbocycles. The van der Waals surface area contributed by atoms with Crippen LogP contribution in [0.3, 0.4) is 0 Å². The first kappa shape index (κ1) is 16.9. The second kappa shape index (κ2) is 8.24. The molecular formula is C18H22N2O3S. The third kappa shape index (κ3) is 4.32. The monoisotopic (exact) mass is 346 g/mol. The molecule has 0 atom stereocenters. The van der Waals surface area contributed by atoms with Gasteiger partial charge in [0.2, 0.25) is 0 Å². The molecule has 0 bridgehead atoms. The summed E-state index contributed by atoms with van der Waals surface area (Å²) in [5.74, 6) is 0.949. The van der Waals surface area contributed by atoms with Crippen LogP contribution in [0.25, 0.3) is 0 Å². The molecule has 0 unspecified atom stereocenters. The van der Waals surface area contributed by atoms with Crippen molar-refractivity contribution in [3.63, 3.8) is 0 Å². The zero-order valence-electron chi connectivity index (χ0n) is 13.6. The van der Waals surface area contributed by atoms with E-state index in [2.05, 4.69) is 5.32 Å². The fourth-order valence-electron chi connectivity index (χ4n) is 2.87. The number of carbonyl (C=O) groups excluding carboxylic acids is 2. The number of likely N-dealkylation sites (tertiary alicyclic amines) is 1. The van der Waals surface area contributed by atoms with Crippen LogP contribution in [0.5, 0.6) is 0 Å². The molecule has 1 N–H and O–H groups in total. The summed E-state index contributed by atoms with van der Waals surface area (Å²) < 4.78 is 5.35. The van der Waals surface area contributed by atoms with Crippen LogP contribution < -0.4 is 5.32 Å². The lowest BCUT2D eigenvalue weighted by molar-refractivity contribution is -0.116. The van der Waals surface area contributed by atoms with Gasteiger partial charge < -0.3 is 15.0 Å². The summed E-state index contributed by atoms with van der Waals surface area (Å²) in [6, 6.07) is 7.12. The Morgan fingerprint density at radius 2 is 1.92 bits per heavy atom. The zero-order chi connectivity index (χ0) is 16.8. The Kier molecular flexibility index (Phi) is 5.80. The van der Waals surface area contributed by atoms with Crippen molar-refractivity contribution in [3.05, 3.63) is 41.0 Å². The molecule has 0 aromatic heterocycles. The van der Waals surface area contributed by atoms with Gasteiger partial charge in [-0.2, -0.15) is 0 Å². The highest BCUT2D eigenvalue weighted by Crippen LogP contribution is 2.19. The van der Waals surface area contributed by atoms with E-state index in [1.54, 1.807) is 41.4 Å². The van der Waals surface area contributed by atoms with Crippen LogP contribution in [-0.4, -0.2) is 42.2 Å². The number of ether oxygens (including phenoxy) is 1. The molecule has 0 aliphatic carbocycles. The topological polar surface area (TPSA) is 58.6 Å². The molecule has 1 aromatic carbocycles. The Labute approximate surface area is 146 Å². The highest BCUT2D eigenvalue weighted by molar-refractivity contribution is 8.02. The smallest absolute Gasteiger partial charge is 0.291 e. The molecular weight excluding hydrogens is 324 g/mol. The van der Waals surface area contributed by atoms with Gasteiger partial charge in [0.25, 0.3) is 11.8 Å². The fourth-order valence-corrected chi connectivity index (χ4v) is 3.49. The molecule has 0 radical (unpaired) electrons. The van der Waals surface area contributed by atoms with Crippen molar-refractivity contribution < 1.29 is 14.3 Å². The molecule has 1 fully saturated rings. The first-order chi connectivity index (χ1) is 11.7. The summed E-state index contributed by atoms with van der Waals surface area (Å²) in [7, 11) is 0. The van der Waals surface area contributed by atoms with Crippen molar-refractivity contribution in [2.45, 2.75) is 25.7 Å². The molecule has 3 rings (SSSR count). The summed E-state index contributed by atoms with van der Waals surface area (Å²) >= 11 is 1.56. The highest BCUT2D eigenvalue weighted by atomic mass is 32.2. The van der Waals surface area contributed by atoms with E-state index in [0.29, 0.717) is 23.6 Å². The van der Waals surface area contributed by atoms with E-state index in [0.717, 1.165) is 31.7 Å². The Balaban J connectivity index is 1.68. The number of anilines is 1. The molecule has 2 aliphatic heterocycles. The summed E-state index contributed by atoms with van der Waals surface area (Å²) in [4.78, 5) is 26.8.